The Hall–Kier alpha value is -2.84. The van der Waals surface area contributed by atoms with Gasteiger partial charge in [0.15, 0.2) is 0 Å². The highest BCUT2D eigenvalue weighted by molar-refractivity contribution is 5.79. The molecule has 2 heterocycles. The number of nitrogens with one attached hydrogen (secondary N) is 1. The van der Waals surface area contributed by atoms with E-state index < -0.39 is 12.6 Å². The first kappa shape index (κ1) is 18.5. The number of nitrogens with zero attached hydrogens (tertiary/aromatic N) is 4. The Morgan fingerprint density at radius 2 is 2.04 bits per heavy atom. The number of imidazole rings is 1. The smallest absolute Gasteiger partial charge is 0.393 e. The van der Waals surface area contributed by atoms with E-state index in [9.17, 15) is 13.2 Å². The topological polar surface area (TPSA) is 64.3 Å². The van der Waals surface area contributed by atoms with Gasteiger partial charge in [0.2, 0.25) is 5.95 Å². The second kappa shape index (κ2) is 6.96. The lowest BCUT2D eigenvalue weighted by Crippen LogP contribution is -2.34. The van der Waals surface area contributed by atoms with Gasteiger partial charge in [0, 0.05) is 11.6 Å². The third kappa shape index (κ3) is 3.61. The minimum absolute atomic E-state index is 0.0813. The van der Waals surface area contributed by atoms with E-state index in [0.29, 0.717) is 40.4 Å². The van der Waals surface area contributed by atoms with Gasteiger partial charge in [-0.15, -0.1) is 10.2 Å². The summed E-state index contributed by atoms with van der Waals surface area (Å²) in [6, 6.07) is 4.91. The van der Waals surface area contributed by atoms with Crippen LogP contribution in [0.3, 0.4) is 0 Å². The Morgan fingerprint density at radius 1 is 1.25 bits per heavy atom. The Bertz CT molecular complexity index is 995. The van der Waals surface area contributed by atoms with Crippen molar-refractivity contribution < 1.29 is 17.9 Å². The summed E-state index contributed by atoms with van der Waals surface area (Å²) in [5.41, 5.74) is 1.39. The average molecular weight is 391 g/mol. The third-order valence-corrected chi connectivity index (χ3v) is 5.02. The first-order chi connectivity index (χ1) is 13.3. The van der Waals surface area contributed by atoms with Crippen LogP contribution in [-0.2, 0) is 6.42 Å². The van der Waals surface area contributed by atoms with Crippen molar-refractivity contribution >= 4 is 11.5 Å². The maximum Gasteiger partial charge on any atom is 0.393 e. The van der Waals surface area contributed by atoms with Gasteiger partial charge in [-0.3, -0.25) is 4.40 Å². The predicted octanol–water partition coefficient (Wildman–Crippen LogP) is 4.12. The normalized spacial score (nSPS) is 19.5. The van der Waals surface area contributed by atoms with E-state index in [4.69, 9.17) is 4.74 Å². The lowest BCUT2D eigenvalue weighted by atomic mass is 9.82. The Balaban J connectivity index is 1.76. The fourth-order valence-corrected chi connectivity index (χ4v) is 3.62. The van der Waals surface area contributed by atoms with Gasteiger partial charge < -0.3 is 10.1 Å². The molecule has 0 radical (unpaired) electrons. The van der Waals surface area contributed by atoms with Gasteiger partial charge in [-0.1, -0.05) is 6.92 Å². The van der Waals surface area contributed by atoms with Gasteiger partial charge in [0.25, 0.3) is 0 Å². The van der Waals surface area contributed by atoms with Crippen molar-refractivity contribution in [2.75, 3.05) is 12.4 Å². The van der Waals surface area contributed by atoms with Crippen molar-refractivity contribution in [3.05, 3.63) is 36.3 Å². The maximum atomic E-state index is 13.1. The molecule has 0 bridgehead atoms. The largest absolute Gasteiger partial charge is 0.497 e. The van der Waals surface area contributed by atoms with Crippen molar-refractivity contribution in [2.24, 2.45) is 5.92 Å². The molecule has 28 heavy (non-hydrogen) atoms. The Labute approximate surface area is 159 Å². The molecule has 1 saturated carbocycles. The lowest BCUT2D eigenvalue weighted by molar-refractivity contribution is -0.127. The quantitative estimate of drug-likeness (QED) is 0.709. The van der Waals surface area contributed by atoms with E-state index in [1.54, 1.807) is 29.1 Å². The van der Waals surface area contributed by atoms with Crippen molar-refractivity contribution in [3.8, 4) is 17.0 Å². The summed E-state index contributed by atoms with van der Waals surface area (Å²) >= 11 is 0. The van der Waals surface area contributed by atoms with Crippen molar-refractivity contribution in [1.82, 2.24) is 19.6 Å². The molecule has 2 aromatic heterocycles. The number of aromatic nitrogens is 4. The summed E-state index contributed by atoms with van der Waals surface area (Å²) in [6.45, 7) is 2.19. The van der Waals surface area contributed by atoms with Gasteiger partial charge in [-0.25, -0.2) is 4.98 Å². The zero-order chi connectivity index (χ0) is 19.9. The number of methoxy groups -OCH3 is 1. The van der Waals surface area contributed by atoms with E-state index >= 15 is 0 Å². The molecule has 1 N–H and O–H groups in total. The second-order valence-corrected chi connectivity index (χ2v) is 7.25. The van der Waals surface area contributed by atoms with Crippen molar-refractivity contribution in [3.63, 3.8) is 0 Å². The number of halogens is 3. The Kier molecular flexibility index (Phi) is 4.60. The van der Waals surface area contributed by atoms with Crippen LogP contribution in [0.4, 0.5) is 19.1 Å². The first-order valence-electron chi connectivity index (χ1n) is 9.03. The molecule has 9 heteroatoms. The molecule has 1 fully saturated rings. The molecule has 1 aliphatic carbocycles. The molecule has 6 nitrogen and oxygen atoms in total. The van der Waals surface area contributed by atoms with E-state index in [1.807, 2.05) is 0 Å². The van der Waals surface area contributed by atoms with E-state index in [2.05, 4.69) is 27.4 Å². The number of hydrogen-bond donors (Lipinski definition) is 1. The number of alkyl halides is 3. The van der Waals surface area contributed by atoms with E-state index in [1.165, 1.54) is 13.2 Å². The number of hydrogen-bond acceptors (Lipinski definition) is 5. The van der Waals surface area contributed by atoms with Crippen LogP contribution >= 0.6 is 0 Å². The van der Waals surface area contributed by atoms with Crippen LogP contribution in [0.25, 0.3) is 16.8 Å². The molecule has 3 aromatic rings. The summed E-state index contributed by atoms with van der Waals surface area (Å²) in [6.07, 6.45) is -0.165. The molecule has 4 rings (SSSR count). The molecule has 0 amide bonds. The zero-order valence-electron chi connectivity index (χ0n) is 15.5. The number of anilines is 1. The number of rotatable bonds is 5. The van der Waals surface area contributed by atoms with Gasteiger partial charge in [0.1, 0.15) is 17.8 Å². The number of fused-ring (bicyclic) bond motifs is 1. The Morgan fingerprint density at radius 3 is 2.71 bits per heavy atom. The van der Waals surface area contributed by atoms with Crippen LogP contribution in [0.15, 0.2) is 30.7 Å². The van der Waals surface area contributed by atoms with Crippen LogP contribution in [-0.4, -0.2) is 38.9 Å². The van der Waals surface area contributed by atoms with Gasteiger partial charge >= 0.3 is 6.18 Å². The zero-order valence-corrected chi connectivity index (χ0v) is 15.5. The minimum atomic E-state index is -4.35. The van der Waals surface area contributed by atoms with Crippen LogP contribution in [0.2, 0.25) is 0 Å². The molecular weight excluding hydrogens is 371 g/mol. The van der Waals surface area contributed by atoms with Crippen molar-refractivity contribution in [1.29, 1.82) is 0 Å². The summed E-state index contributed by atoms with van der Waals surface area (Å²) in [4.78, 5) is 4.15. The number of benzene rings is 1. The molecule has 1 aliphatic rings. The van der Waals surface area contributed by atoms with E-state index in [-0.39, 0.29) is 5.56 Å². The predicted molar refractivity (Wildman–Crippen MR) is 98.3 cm³/mol. The van der Waals surface area contributed by atoms with E-state index in [0.717, 1.165) is 12.8 Å². The summed E-state index contributed by atoms with van der Waals surface area (Å²) in [5, 5.41) is 11.8. The van der Waals surface area contributed by atoms with Gasteiger partial charge in [-0.05, 0) is 42.5 Å². The van der Waals surface area contributed by atoms with Gasteiger partial charge in [0.05, 0.1) is 25.2 Å². The molecule has 0 spiro atoms. The molecule has 148 valence electrons. The highest BCUT2D eigenvalue weighted by Crippen LogP contribution is 2.34. The number of ether oxygens (including phenoxy) is 1. The third-order valence-electron chi connectivity index (χ3n) is 5.02. The standard InChI is InChI=1S/C19H20F3N5O/c1-11-5-13(6-11)24-18-26-25-17(16-9-23-10-27(16)18)15-4-3-14(28-2)7-12(15)8-19(20,21)22/h3-4,7,9-11,13H,5-6,8H2,1-2H3,(H,24,26). The maximum absolute atomic E-state index is 13.1. The summed E-state index contributed by atoms with van der Waals surface area (Å²) < 4.78 is 46.1. The molecule has 0 saturated heterocycles. The lowest BCUT2D eigenvalue weighted by Gasteiger charge is -2.33. The van der Waals surface area contributed by atoms with Crippen LogP contribution in [0.1, 0.15) is 25.3 Å². The highest BCUT2D eigenvalue weighted by Gasteiger charge is 2.30. The minimum Gasteiger partial charge on any atom is -0.497 e. The average Bonchev–Trinajstić information content (AvgIpc) is 3.09. The second-order valence-electron chi connectivity index (χ2n) is 7.25. The first-order valence-corrected chi connectivity index (χ1v) is 9.03. The van der Waals surface area contributed by atoms with Crippen LogP contribution in [0.5, 0.6) is 5.75 Å². The summed E-state index contributed by atoms with van der Waals surface area (Å²) in [5.74, 6) is 1.57. The molecular formula is C19H20F3N5O. The molecule has 0 unspecified atom stereocenters. The fraction of sp³-hybridized carbons (Fsp3) is 0.421. The van der Waals surface area contributed by atoms with Crippen LogP contribution < -0.4 is 10.1 Å². The SMILES string of the molecule is COc1ccc(-c2nnc(NC3CC(C)C3)n3cncc23)c(CC(F)(F)F)c1. The molecule has 1 aromatic carbocycles. The monoisotopic (exact) mass is 391 g/mol. The molecule has 0 atom stereocenters. The summed E-state index contributed by atoms with van der Waals surface area (Å²) in [7, 11) is 1.42. The van der Waals surface area contributed by atoms with Crippen LogP contribution in [0, 0.1) is 5.92 Å². The molecule has 0 aliphatic heterocycles. The fourth-order valence-electron chi connectivity index (χ4n) is 3.62. The van der Waals surface area contributed by atoms with Crippen molar-refractivity contribution in [2.45, 2.75) is 38.4 Å². The van der Waals surface area contributed by atoms with Gasteiger partial charge in [-0.2, -0.15) is 13.2 Å². The highest BCUT2D eigenvalue weighted by atomic mass is 19.4.